The average molecular weight is 359 g/mol. The Hall–Kier alpha value is -2.54. The van der Waals surface area contributed by atoms with Crippen LogP contribution in [0.5, 0.6) is 0 Å². The molecule has 3 rings (SSSR count). The summed E-state index contributed by atoms with van der Waals surface area (Å²) in [6.45, 7) is 6.15. The summed E-state index contributed by atoms with van der Waals surface area (Å²) < 4.78 is 27.6. The molecule has 7 heteroatoms. The number of carbonyl (C=O) groups is 1. The first-order chi connectivity index (χ1) is 11.7. The highest BCUT2D eigenvalue weighted by Crippen LogP contribution is 2.29. The van der Waals surface area contributed by atoms with Crippen LogP contribution in [0.25, 0.3) is 0 Å². The van der Waals surface area contributed by atoms with Gasteiger partial charge in [-0.3, -0.25) is 20.0 Å². The second-order valence-electron chi connectivity index (χ2n) is 6.88. The number of aryl methyl sites for hydroxylation is 1. The van der Waals surface area contributed by atoms with Gasteiger partial charge in [-0.2, -0.15) is 0 Å². The predicted octanol–water partition coefficient (Wildman–Crippen LogP) is 2.67. The maximum absolute atomic E-state index is 12.5. The molecule has 132 valence electrons. The lowest BCUT2D eigenvalue weighted by molar-refractivity contribution is -0.125. The molecular weight excluding hydrogens is 338 g/mol. The highest BCUT2D eigenvalue weighted by atomic mass is 32.2. The van der Waals surface area contributed by atoms with Gasteiger partial charge in [0.05, 0.1) is 28.2 Å². The van der Waals surface area contributed by atoms with Crippen molar-refractivity contribution in [2.75, 3.05) is 16.3 Å². The van der Waals surface area contributed by atoms with E-state index in [1.165, 1.54) is 0 Å². The van der Waals surface area contributed by atoms with Gasteiger partial charge in [-0.25, -0.2) is 8.42 Å². The second kappa shape index (κ2) is 6.07. The van der Waals surface area contributed by atoms with Crippen LogP contribution in [0.3, 0.4) is 0 Å². The molecular formula is C18H21N3O3S. The highest BCUT2D eigenvalue weighted by Gasteiger charge is 2.38. The average Bonchev–Trinajstić information content (AvgIpc) is 2.81. The van der Waals surface area contributed by atoms with Gasteiger partial charge in [-0.05, 0) is 51.1 Å². The number of anilines is 2. The number of rotatable bonds is 4. The van der Waals surface area contributed by atoms with Gasteiger partial charge in [0.2, 0.25) is 5.91 Å². The van der Waals surface area contributed by atoms with Crippen molar-refractivity contribution in [3.63, 3.8) is 0 Å². The van der Waals surface area contributed by atoms with E-state index in [9.17, 15) is 13.2 Å². The summed E-state index contributed by atoms with van der Waals surface area (Å²) in [6.07, 6.45) is 0. The van der Waals surface area contributed by atoms with E-state index in [4.69, 9.17) is 0 Å². The number of carbonyl (C=O) groups excluding carboxylic acids is 1. The Bertz CT molecular complexity index is 905. The molecule has 0 aromatic heterocycles. The van der Waals surface area contributed by atoms with Crippen molar-refractivity contribution in [1.82, 2.24) is 5.43 Å². The fraction of sp³-hybridized carbons (Fsp3) is 0.278. The molecule has 1 aliphatic heterocycles. The lowest BCUT2D eigenvalue weighted by atomic mass is 9.94. The van der Waals surface area contributed by atoms with E-state index < -0.39 is 15.4 Å². The summed E-state index contributed by atoms with van der Waals surface area (Å²) in [6, 6.07) is 13.6. The molecule has 25 heavy (non-hydrogen) atoms. The summed E-state index contributed by atoms with van der Waals surface area (Å²) in [4.78, 5) is 12.1. The third-order valence-corrected chi connectivity index (χ3v) is 5.54. The largest absolute Gasteiger partial charge is 0.284 e. The number of hydrogen-bond acceptors (Lipinski definition) is 4. The SMILES string of the molecule is Cc1ccc(S(=O)(=O)Nc2cccc(N3CC(C)(C)C(=O)N3)c2)cc1. The van der Waals surface area contributed by atoms with Gasteiger partial charge < -0.3 is 0 Å². The lowest BCUT2D eigenvalue weighted by Gasteiger charge is -2.19. The van der Waals surface area contributed by atoms with Crippen molar-refractivity contribution in [2.24, 2.45) is 5.41 Å². The molecule has 0 aliphatic carbocycles. The third kappa shape index (κ3) is 3.61. The minimum Gasteiger partial charge on any atom is -0.284 e. The van der Waals surface area contributed by atoms with Crippen LogP contribution >= 0.6 is 0 Å². The van der Waals surface area contributed by atoms with Gasteiger partial charge in [0, 0.05) is 0 Å². The molecule has 0 atom stereocenters. The van der Waals surface area contributed by atoms with Gasteiger partial charge in [0.25, 0.3) is 10.0 Å². The van der Waals surface area contributed by atoms with E-state index in [2.05, 4.69) is 10.1 Å². The van der Waals surface area contributed by atoms with E-state index in [-0.39, 0.29) is 10.8 Å². The molecule has 2 N–H and O–H groups in total. The van der Waals surface area contributed by atoms with Crippen LogP contribution in [0, 0.1) is 12.3 Å². The zero-order chi connectivity index (χ0) is 18.2. The van der Waals surface area contributed by atoms with Crippen LogP contribution in [0.4, 0.5) is 11.4 Å². The van der Waals surface area contributed by atoms with Crippen LogP contribution < -0.4 is 15.2 Å². The molecule has 1 aliphatic rings. The normalized spacial score (nSPS) is 16.6. The molecule has 0 radical (unpaired) electrons. The quantitative estimate of drug-likeness (QED) is 0.880. The van der Waals surface area contributed by atoms with Crippen molar-refractivity contribution in [3.8, 4) is 0 Å². The monoisotopic (exact) mass is 359 g/mol. The Morgan fingerprint density at radius 3 is 2.40 bits per heavy atom. The molecule has 0 saturated carbocycles. The molecule has 6 nitrogen and oxygen atoms in total. The Morgan fingerprint density at radius 2 is 1.80 bits per heavy atom. The zero-order valence-corrected chi connectivity index (χ0v) is 15.2. The fourth-order valence-electron chi connectivity index (χ4n) is 2.61. The van der Waals surface area contributed by atoms with Gasteiger partial charge >= 0.3 is 0 Å². The first-order valence-corrected chi connectivity index (χ1v) is 9.44. The first-order valence-electron chi connectivity index (χ1n) is 7.96. The number of amides is 1. The second-order valence-corrected chi connectivity index (χ2v) is 8.56. The summed E-state index contributed by atoms with van der Waals surface area (Å²) in [5.41, 5.74) is 4.48. The molecule has 1 fully saturated rings. The molecule has 2 aromatic rings. The summed E-state index contributed by atoms with van der Waals surface area (Å²) in [5.74, 6) is -0.0573. The standard InChI is InChI=1S/C18H21N3O3S/c1-13-7-9-16(10-8-13)25(23,24)20-14-5-4-6-15(11-14)21-12-18(2,3)17(22)19-21/h4-11,20H,12H2,1-3H3,(H,19,22). The highest BCUT2D eigenvalue weighted by molar-refractivity contribution is 7.92. The molecule has 0 unspecified atom stereocenters. The number of nitrogens with zero attached hydrogens (tertiary/aromatic N) is 1. The van der Waals surface area contributed by atoms with Gasteiger partial charge in [0.1, 0.15) is 0 Å². The van der Waals surface area contributed by atoms with E-state index in [1.807, 2.05) is 26.8 Å². The number of hydrogen-bond donors (Lipinski definition) is 2. The topological polar surface area (TPSA) is 78.5 Å². The molecule has 1 amide bonds. The summed E-state index contributed by atoms with van der Waals surface area (Å²) >= 11 is 0. The van der Waals surface area contributed by atoms with E-state index in [0.29, 0.717) is 12.2 Å². The Balaban J connectivity index is 1.83. The molecule has 0 bridgehead atoms. The van der Waals surface area contributed by atoms with Gasteiger partial charge in [-0.15, -0.1) is 0 Å². The van der Waals surface area contributed by atoms with Crippen LogP contribution in [0.15, 0.2) is 53.4 Å². The zero-order valence-electron chi connectivity index (χ0n) is 14.4. The minimum absolute atomic E-state index is 0.0573. The maximum atomic E-state index is 12.5. The lowest BCUT2D eigenvalue weighted by Crippen LogP contribution is -2.33. The molecule has 2 aromatic carbocycles. The number of hydrazine groups is 1. The van der Waals surface area contributed by atoms with Crippen molar-refractivity contribution in [1.29, 1.82) is 0 Å². The van der Waals surface area contributed by atoms with Crippen molar-refractivity contribution < 1.29 is 13.2 Å². The fourth-order valence-corrected chi connectivity index (χ4v) is 3.65. The van der Waals surface area contributed by atoms with Crippen LogP contribution in [-0.2, 0) is 14.8 Å². The van der Waals surface area contributed by atoms with E-state index >= 15 is 0 Å². The first kappa shape index (κ1) is 17.3. The summed E-state index contributed by atoms with van der Waals surface area (Å²) in [7, 11) is -3.66. The maximum Gasteiger partial charge on any atom is 0.261 e. The smallest absolute Gasteiger partial charge is 0.261 e. The van der Waals surface area contributed by atoms with Crippen LogP contribution in [-0.4, -0.2) is 20.9 Å². The molecule has 1 heterocycles. The predicted molar refractivity (Wildman–Crippen MR) is 97.7 cm³/mol. The van der Waals surface area contributed by atoms with Crippen molar-refractivity contribution in [2.45, 2.75) is 25.7 Å². The van der Waals surface area contributed by atoms with E-state index in [0.717, 1.165) is 11.3 Å². The van der Waals surface area contributed by atoms with Gasteiger partial charge in [-0.1, -0.05) is 23.8 Å². The van der Waals surface area contributed by atoms with Crippen LogP contribution in [0.1, 0.15) is 19.4 Å². The van der Waals surface area contributed by atoms with Crippen LogP contribution in [0.2, 0.25) is 0 Å². The third-order valence-electron chi connectivity index (χ3n) is 4.15. The Kier molecular flexibility index (Phi) is 4.20. The molecule has 1 saturated heterocycles. The van der Waals surface area contributed by atoms with Crippen molar-refractivity contribution >= 4 is 27.3 Å². The molecule has 0 spiro atoms. The number of benzene rings is 2. The Labute approximate surface area is 147 Å². The number of sulfonamides is 1. The van der Waals surface area contributed by atoms with Crippen molar-refractivity contribution in [3.05, 3.63) is 54.1 Å². The number of nitrogens with one attached hydrogen (secondary N) is 2. The van der Waals surface area contributed by atoms with E-state index in [1.54, 1.807) is 47.5 Å². The Morgan fingerprint density at radius 1 is 1.12 bits per heavy atom. The van der Waals surface area contributed by atoms with Gasteiger partial charge in [0.15, 0.2) is 0 Å². The minimum atomic E-state index is -3.66. The summed E-state index contributed by atoms with van der Waals surface area (Å²) in [5, 5.41) is 1.73.